The average Bonchev–Trinajstić information content (AvgIpc) is 2.87. The summed E-state index contributed by atoms with van der Waals surface area (Å²) < 4.78 is 11.5. The molecule has 0 aliphatic heterocycles. The molecule has 0 aliphatic rings. The van der Waals surface area contributed by atoms with Crippen LogP contribution < -0.4 is 0 Å². The Kier molecular flexibility index (Phi) is 5.06. The van der Waals surface area contributed by atoms with Crippen molar-refractivity contribution in [2.75, 3.05) is 6.61 Å². The van der Waals surface area contributed by atoms with Crippen LogP contribution in [-0.2, 0) is 4.74 Å². The quantitative estimate of drug-likeness (QED) is 0.704. The Balaban J connectivity index is 2.53. The molecule has 0 unspecified atom stereocenters. The summed E-state index contributed by atoms with van der Waals surface area (Å²) in [5.41, 5.74) is 1.20. The number of hydrogen-bond acceptors (Lipinski definition) is 4. The lowest BCUT2D eigenvalue weighted by atomic mass is 10.1. The minimum absolute atomic E-state index is 0.0350. The molecule has 1 heterocycles. The molecule has 0 bridgehead atoms. The fourth-order valence-electron chi connectivity index (χ4n) is 1.84. The Morgan fingerprint density at radius 1 is 1.48 bits per heavy atom. The van der Waals surface area contributed by atoms with Crippen molar-refractivity contribution in [3.8, 4) is 11.5 Å². The van der Waals surface area contributed by atoms with Crippen molar-refractivity contribution < 1.29 is 13.9 Å². The molecule has 21 heavy (non-hydrogen) atoms. The van der Waals surface area contributed by atoms with Crippen molar-refractivity contribution in [1.82, 2.24) is 4.98 Å². The highest BCUT2D eigenvalue weighted by Gasteiger charge is 2.24. The van der Waals surface area contributed by atoms with Crippen molar-refractivity contribution in [2.45, 2.75) is 26.7 Å². The first kappa shape index (κ1) is 16.0. The van der Waals surface area contributed by atoms with Gasteiger partial charge in [0.15, 0.2) is 0 Å². The molecular weight excluding hydrogens is 358 g/mol. The van der Waals surface area contributed by atoms with E-state index in [1.165, 1.54) is 0 Å². The summed E-state index contributed by atoms with van der Waals surface area (Å²) in [5, 5.41) is 0.505. The molecule has 0 aliphatic carbocycles. The van der Waals surface area contributed by atoms with E-state index in [0.29, 0.717) is 22.2 Å². The van der Waals surface area contributed by atoms with Gasteiger partial charge in [-0.25, -0.2) is 9.78 Å². The third-order valence-corrected chi connectivity index (χ3v) is 3.64. The van der Waals surface area contributed by atoms with Crippen molar-refractivity contribution >= 4 is 33.5 Å². The number of benzene rings is 1. The SMILES string of the molecule is CCOC(=O)c1oc(-c2cc(Br)ccc2Cl)nc1C(C)C. The maximum absolute atomic E-state index is 12.0. The fraction of sp³-hybridized carbons (Fsp3) is 0.333. The van der Waals surface area contributed by atoms with Gasteiger partial charge >= 0.3 is 5.97 Å². The summed E-state index contributed by atoms with van der Waals surface area (Å²) in [6, 6.07) is 5.36. The van der Waals surface area contributed by atoms with E-state index in [1.807, 2.05) is 19.9 Å². The van der Waals surface area contributed by atoms with Gasteiger partial charge < -0.3 is 9.15 Å². The Hall–Kier alpha value is -1.33. The number of aromatic nitrogens is 1. The van der Waals surface area contributed by atoms with Crippen molar-refractivity contribution in [2.24, 2.45) is 0 Å². The summed E-state index contributed by atoms with van der Waals surface area (Å²) in [6.07, 6.45) is 0. The van der Waals surface area contributed by atoms with Crippen molar-refractivity contribution in [3.63, 3.8) is 0 Å². The summed E-state index contributed by atoms with van der Waals surface area (Å²) >= 11 is 9.56. The second-order valence-electron chi connectivity index (χ2n) is 4.73. The monoisotopic (exact) mass is 371 g/mol. The van der Waals surface area contributed by atoms with Gasteiger partial charge in [-0.15, -0.1) is 0 Å². The van der Waals surface area contributed by atoms with Gasteiger partial charge in [0.25, 0.3) is 0 Å². The largest absolute Gasteiger partial charge is 0.460 e. The molecule has 2 aromatic rings. The summed E-state index contributed by atoms with van der Waals surface area (Å²) in [4.78, 5) is 16.4. The van der Waals surface area contributed by atoms with E-state index in [2.05, 4.69) is 20.9 Å². The Labute approximate surface area is 136 Å². The van der Waals surface area contributed by atoms with Crippen LogP contribution >= 0.6 is 27.5 Å². The highest BCUT2D eigenvalue weighted by atomic mass is 79.9. The second kappa shape index (κ2) is 6.62. The average molecular weight is 373 g/mol. The van der Waals surface area contributed by atoms with Gasteiger partial charge in [0.1, 0.15) is 0 Å². The number of carbonyl (C=O) groups excluding carboxylic acids is 1. The third-order valence-electron chi connectivity index (χ3n) is 2.82. The van der Waals surface area contributed by atoms with Gasteiger partial charge in [-0.3, -0.25) is 0 Å². The van der Waals surface area contributed by atoms with Crippen LogP contribution in [0.15, 0.2) is 27.1 Å². The Morgan fingerprint density at radius 3 is 2.81 bits per heavy atom. The summed E-state index contributed by atoms with van der Waals surface area (Å²) in [7, 11) is 0. The van der Waals surface area contributed by atoms with Crippen LogP contribution in [-0.4, -0.2) is 17.6 Å². The van der Waals surface area contributed by atoms with Gasteiger partial charge in [-0.05, 0) is 31.0 Å². The number of oxazole rings is 1. The molecule has 0 atom stereocenters. The highest BCUT2D eigenvalue weighted by molar-refractivity contribution is 9.10. The summed E-state index contributed by atoms with van der Waals surface area (Å²) in [6.45, 7) is 5.90. The number of rotatable bonds is 4. The van der Waals surface area contributed by atoms with Gasteiger partial charge in [-0.1, -0.05) is 41.4 Å². The molecule has 0 N–H and O–H groups in total. The number of carbonyl (C=O) groups is 1. The van der Waals surface area contributed by atoms with Crippen molar-refractivity contribution in [3.05, 3.63) is 39.1 Å². The minimum Gasteiger partial charge on any atom is -0.460 e. The molecule has 0 amide bonds. The van der Waals surface area contributed by atoms with Crippen molar-refractivity contribution in [1.29, 1.82) is 0 Å². The fourth-order valence-corrected chi connectivity index (χ4v) is 2.40. The van der Waals surface area contributed by atoms with E-state index in [1.54, 1.807) is 19.1 Å². The van der Waals surface area contributed by atoms with Crippen LogP contribution in [0.1, 0.15) is 42.9 Å². The number of hydrogen-bond donors (Lipinski definition) is 0. The predicted octanol–water partition coefficient (Wildman–Crippen LogP) is 5.06. The molecule has 1 aromatic heterocycles. The van der Waals surface area contributed by atoms with E-state index in [9.17, 15) is 4.79 Å². The van der Waals surface area contributed by atoms with E-state index in [4.69, 9.17) is 20.8 Å². The molecule has 1 aromatic carbocycles. The van der Waals surface area contributed by atoms with E-state index in [-0.39, 0.29) is 18.3 Å². The molecule has 0 saturated carbocycles. The normalized spacial score (nSPS) is 11.0. The number of esters is 1. The zero-order valence-corrected chi connectivity index (χ0v) is 14.3. The molecule has 6 heteroatoms. The lowest BCUT2D eigenvalue weighted by molar-refractivity contribution is 0.0488. The van der Waals surface area contributed by atoms with Gasteiger partial charge in [-0.2, -0.15) is 0 Å². The molecule has 0 saturated heterocycles. The standard InChI is InChI=1S/C15H15BrClNO3/c1-4-20-15(19)13-12(8(2)3)18-14(21-13)10-7-9(16)5-6-11(10)17/h5-8H,4H2,1-3H3. The molecule has 4 nitrogen and oxygen atoms in total. The van der Waals surface area contributed by atoms with Gasteiger partial charge in [0, 0.05) is 4.47 Å². The number of halogens is 2. The zero-order valence-electron chi connectivity index (χ0n) is 11.9. The van der Waals surface area contributed by atoms with E-state index >= 15 is 0 Å². The highest BCUT2D eigenvalue weighted by Crippen LogP contribution is 2.33. The predicted molar refractivity (Wildman–Crippen MR) is 84.7 cm³/mol. The lowest BCUT2D eigenvalue weighted by Crippen LogP contribution is -2.07. The van der Waals surface area contributed by atoms with Crippen LogP contribution in [0.5, 0.6) is 0 Å². The molecule has 0 fully saturated rings. The topological polar surface area (TPSA) is 52.3 Å². The Morgan fingerprint density at radius 2 is 2.19 bits per heavy atom. The van der Waals surface area contributed by atoms with E-state index in [0.717, 1.165) is 4.47 Å². The first-order valence-corrected chi connectivity index (χ1v) is 7.74. The number of ether oxygens (including phenoxy) is 1. The molecule has 0 radical (unpaired) electrons. The first-order valence-electron chi connectivity index (χ1n) is 6.57. The Bertz CT molecular complexity index is 667. The third kappa shape index (κ3) is 3.47. The van der Waals surface area contributed by atoms with Gasteiger partial charge in [0.05, 0.1) is 22.9 Å². The first-order chi connectivity index (χ1) is 9.93. The molecule has 0 spiro atoms. The van der Waals surface area contributed by atoms with Crippen LogP contribution in [0.25, 0.3) is 11.5 Å². The maximum atomic E-state index is 12.0. The minimum atomic E-state index is -0.508. The zero-order chi connectivity index (χ0) is 15.6. The van der Waals surface area contributed by atoms with Crippen LogP contribution in [0.4, 0.5) is 0 Å². The smallest absolute Gasteiger partial charge is 0.376 e. The molecule has 112 valence electrons. The van der Waals surface area contributed by atoms with Crippen LogP contribution in [0.3, 0.4) is 0 Å². The molecule has 2 rings (SSSR count). The van der Waals surface area contributed by atoms with Crippen LogP contribution in [0, 0.1) is 0 Å². The number of nitrogens with zero attached hydrogens (tertiary/aromatic N) is 1. The van der Waals surface area contributed by atoms with Gasteiger partial charge in [0.2, 0.25) is 11.7 Å². The van der Waals surface area contributed by atoms with Crippen LogP contribution in [0.2, 0.25) is 5.02 Å². The maximum Gasteiger partial charge on any atom is 0.376 e. The molecular formula is C15H15BrClNO3. The van der Waals surface area contributed by atoms with E-state index < -0.39 is 5.97 Å². The second-order valence-corrected chi connectivity index (χ2v) is 6.06. The lowest BCUT2D eigenvalue weighted by Gasteiger charge is -2.02. The summed E-state index contributed by atoms with van der Waals surface area (Å²) in [5.74, 6) is -0.0233.